The molecule has 0 spiro atoms. The van der Waals surface area contributed by atoms with Gasteiger partial charge in [-0.2, -0.15) is 0 Å². The molecule has 2 aromatic heterocycles. The van der Waals surface area contributed by atoms with E-state index >= 15 is 0 Å². The molecule has 304 valence electrons. The maximum absolute atomic E-state index is 13.9. The smallest absolute Gasteiger partial charge is 0.407 e. The topological polar surface area (TPSA) is 175 Å². The first-order valence-corrected chi connectivity index (χ1v) is 20.1. The number of nitrogens with one attached hydrogen (secondary N) is 4. The first-order valence-electron chi connectivity index (χ1n) is 20.1. The van der Waals surface area contributed by atoms with Gasteiger partial charge in [-0.05, 0) is 83.3 Å². The highest BCUT2D eigenvalue weighted by Crippen LogP contribution is 2.36. The van der Waals surface area contributed by atoms with Gasteiger partial charge in [-0.1, -0.05) is 74.5 Å². The van der Waals surface area contributed by atoms with Gasteiger partial charge < -0.3 is 39.9 Å². The van der Waals surface area contributed by atoms with Crippen molar-refractivity contribution < 1.29 is 28.7 Å². The van der Waals surface area contributed by atoms with E-state index in [4.69, 9.17) is 19.4 Å². The van der Waals surface area contributed by atoms with Crippen molar-refractivity contribution in [2.24, 2.45) is 5.92 Å². The summed E-state index contributed by atoms with van der Waals surface area (Å²) in [4.78, 5) is 72.1. The quantitative estimate of drug-likeness (QED) is 0.110. The zero-order valence-corrected chi connectivity index (χ0v) is 33.5. The summed E-state index contributed by atoms with van der Waals surface area (Å²) in [6, 6.07) is 25.9. The Kier molecular flexibility index (Phi) is 11.0. The highest BCUT2D eigenvalue weighted by molar-refractivity contribution is 5.92. The predicted octanol–water partition coefficient (Wildman–Crippen LogP) is 7.58. The van der Waals surface area contributed by atoms with Crippen molar-refractivity contribution >= 4 is 45.8 Å². The van der Waals surface area contributed by atoms with Gasteiger partial charge in [0.05, 0.1) is 49.2 Å². The number of hydrogen-bond donors (Lipinski definition) is 4. The van der Waals surface area contributed by atoms with E-state index in [1.165, 1.54) is 14.2 Å². The molecule has 0 aliphatic carbocycles. The first kappa shape index (κ1) is 39.1. The van der Waals surface area contributed by atoms with Crippen LogP contribution in [0.3, 0.4) is 0 Å². The largest absolute Gasteiger partial charge is 0.453 e. The van der Waals surface area contributed by atoms with Crippen LogP contribution in [0.25, 0.3) is 44.2 Å². The molecule has 4 aromatic carbocycles. The number of carbonyl (C=O) groups is 4. The number of carbonyl (C=O) groups excluding carboxylic acids is 4. The molecule has 14 heteroatoms. The SMILES string of the molecule is COC(=O)NC(C(=O)N1CCCC1c1ncc(-c2ccc3cc(-c4ccc5nc(C6CCCN6C(=O)C(NC(=O)OC)C(C)C)[nH]c5c4)ccc3c2)[nH]1)c1ccccc1. The fraction of sp³-hybridized carbons (Fsp3) is 0.333. The Hall–Kier alpha value is -6.70. The molecule has 4 heterocycles. The molecule has 4 unspecified atom stereocenters. The summed E-state index contributed by atoms with van der Waals surface area (Å²) < 4.78 is 9.61. The Balaban J connectivity index is 0.985. The highest BCUT2D eigenvalue weighted by atomic mass is 16.5. The van der Waals surface area contributed by atoms with Crippen LogP contribution in [0.2, 0.25) is 0 Å². The summed E-state index contributed by atoms with van der Waals surface area (Å²) >= 11 is 0. The van der Waals surface area contributed by atoms with Crippen molar-refractivity contribution in [3.8, 4) is 22.4 Å². The standard InChI is InChI=1S/C45H48N8O6/c1-26(2)38(50-44(56)58-3)42(54)53-21-9-13-37(53)41-47-33-19-18-31(24-34(33)48-41)29-14-15-30-23-32(17-16-28(30)22-29)35-25-46-40(49-35)36-12-8-20-52(36)43(55)39(51-45(57)59-4)27-10-6-5-7-11-27/h5-7,10-11,14-19,22-26,36-39H,8-9,12-13,20-21H2,1-4H3,(H,46,49)(H,47,48)(H,50,56)(H,51,57). The fourth-order valence-electron chi connectivity index (χ4n) is 8.40. The number of aromatic nitrogens is 4. The fourth-order valence-corrected chi connectivity index (χ4v) is 8.40. The van der Waals surface area contributed by atoms with Crippen LogP contribution >= 0.6 is 0 Å². The second-order valence-electron chi connectivity index (χ2n) is 15.5. The van der Waals surface area contributed by atoms with Gasteiger partial charge in [-0.25, -0.2) is 19.6 Å². The van der Waals surface area contributed by atoms with E-state index in [9.17, 15) is 19.2 Å². The molecule has 14 nitrogen and oxygen atoms in total. The summed E-state index contributed by atoms with van der Waals surface area (Å²) in [5.41, 5.74) is 6.29. The molecule has 8 rings (SSSR count). The van der Waals surface area contributed by atoms with Crippen LogP contribution in [-0.4, -0.2) is 87.1 Å². The van der Waals surface area contributed by atoms with E-state index in [-0.39, 0.29) is 29.8 Å². The monoisotopic (exact) mass is 796 g/mol. The predicted molar refractivity (Wildman–Crippen MR) is 223 cm³/mol. The maximum Gasteiger partial charge on any atom is 0.407 e. The second kappa shape index (κ2) is 16.6. The van der Waals surface area contributed by atoms with Gasteiger partial charge in [0.25, 0.3) is 5.91 Å². The summed E-state index contributed by atoms with van der Waals surface area (Å²) in [6.45, 7) is 4.95. The van der Waals surface area contributed by atoms with E-state index in [0.717, 1.165) is 75.7 Å². The van der Waals surface area contributed by atoms with E-state index in [1.54, 1.807) is 4.90 Å². The zero-order chi connectivity index (χ0) is 41.2. The number of H-pyrrole nitrogens is 2. The molecule has 4 amide bonds. The van der Waals surface area contributed by atoms with Crippen molar-refractivity contribution in [2.45, 2.75) is 63.7 Å². The van der Waals surface area contributed by atoms with Gasteiger partial charge in [0.2, 0.25) is 5.91 Å². The van der Waals surface area contributed by atoms with Gasteiger partial charge in [-0.3, -0.25) is 9.59 Å². The molecule has 2 fully saturated rings. The summed E-state index contributed by atoms with van der Waals surface area (Å²) in [5, 5.41) is 7.57. The third-order valence-corrected chi connectivity index (χ3v) is 11.5. The number of hydrogen-bond acceptors (Lipinski definition) is 8. The van der Waals surface area contributed by atoms with Crippen molar-refractivity contribution in [1.29, 1.82) is 0 Å². The molecule has 0 radical (unpaired) electrons. The van der Waals surface area contributed by atoms with E-state index in [0.29, 0.717) is 24.5 Å². The Morgan fingerprint density at radius 3 is 2.02 bits per heavy atom. The van der Waals surface area contributed by atoms with Crippen LogP contribution in [0.4, 0.5) is 9.59 Å². The number of methoxy groups -OCH3 is 2. The van der Waals surface area contributed by atoms with Crippen LogP contribution in [0.15, 0.2) is 91.1 Å². The molecule has 2 saturated heterocycles. The molecule has 2 aliphatic heterocycles. The minimum absolute atomic E-state index is 0.112. The minimum atomic E-state index is -0.884. The Labute approximate surface area is 341 Å². The lowest BCUT2D eigenvalue weighted by Crippen LogP contribution is -2.51. The van der Waals surface area contributed by atoms with Gasteiger partial charge in [-0.15, -0.1) is 0 Å². The number of alkyl carbamates (subject to hydrolysis) is 2. The minimum Gasteiger partial charge on any atom is -0.453 e. The Morgan fingerprint density at radius 1 is 0.712 bits per heavy atom. The number of imidazole rings is 2. The van der Waals surface area contributed by atoms with Crippen LogP contribution in [0, 0.1) is 5.92 Å². The van der Waals surface area contributed by atoms with E-state index in [1.807, 2.05) is 61.3 Å². The van der Waals surface area contributed by atoms with Gasteiger partial charge >= 0.3 is 12.2 Å². The molecule has 2 aliphatic rings. The average molecular weight is 797 g/mol. The van der Waals surface area contributed by atoms with Crippen molar-refractivity contribution in [2.75, 3.05) is 27.3 Å². The first-order chi connectivity index (χ1) is 28.6. The normalized spacial score (nSPS) is 17.6. The van der Waals surface area contributed by atoms with Gasteiger partial charge in [0, 0.05) is 18.7 Å². The Morgan fingerprint density at radius 2 is 1.32 bits per heavy atom. The molecule has 59 heavy (non-hydrogen) atoms. The molecular formula is C45H48N8O6. The molecule has 0 saturated carbocycles. The van der Waals surface area contributed by atoms with Crippen LogP contribution in [0.5, 0.6) is 0 Å². The van der Waals surface area contributed by atoms with Crippen LogP contribution < -0.4 is 10.6 Å². The Bertz CT molecular complexity index is 2510. The van der Waals surface area contributed by atoms with Crippen molar-refractivity contribution in [3.63, 3.8) is 0 Å². The van der Waals surface area contributed by atoms with Crippen molar-refractivity contribution in [3.05, 3.63) is 108 Å². The molecule has 4 atom stereocenters. The van der Waals surface area contributed by atoms with Crippen LogP contribution in [-0.2, 0) is 19.1 Å². The number of nitrogens with zero attached hydrogens (tertiary/aromatic N) is 4. The highest BCUT2D eigenvalue weighted by Gasteiger charge is 2.39. The van der Waals surface area contributed by atoms with Crippen LogP contribution in [0.1, 0.15) is 74.9 Å². The second-order valence-corrected chi connectivity index (χ2v) is 15.5. The third-order valence-electron chi connectivity index (χ3n) is 11.5. The number of ether oxygens (including phenoxy) is 2. The number of likely N-dealkylation sites (tertiary alicyclic amines) is 2. The molecule has 6 aromatic rings. The molecule has 0 bridgehead atoms. The number of aromatic amines is 2. The number of amides is 4. The van der Waals surface area contributed by atoms with Crippen molar-refractivity contribution in [1.82, 2.24) is 40.4 Å². The third kappa shape index (κ3) is 7.94. The zero-order valence-electron chi connectivity index (χ0n) is 33.5. The number of rotatable bonds is 10. The maximum atomic E-state index is 13.9. The lowest BCUT2D eigenvalue weighted by atomic mass is 9.99. The van der Waals surface area contributed by atoms with Gasteiger partial charge in [0.1, 0.15) is 23.7 Å². The summed E-state index contributed by atoms with van der Waals surface area (Å²) in [7, 11) is 2.57. The number of benzene rings is 4. The number of fused-ring (bicyclic) bond motifs is 2. The lowest BCUT2D eigenvalue weighted by Gasteiger charge is -2.29. The average Bonchev–Trinajstić information content (AvgIpc) is 4.10. The van der Waals surface area contributed by atoms with E-state index < -0.39 is 24.3 Å². The van der Waals surface area contributed by atoms with E-state index in [2.05, 4.69) is 69.1 Å². The molecule has 4 N–H and O–H groups in total. The summed E-state index contributed by atoms with van der Waals surface area (Å²) in [5.74, 6) is 0.965. The van der Waals surface area contributed by atoms with Gasteiger partial charge in [0.15, 0.2) is 0 Å². The lowest BCUT2D eigenvalue weighted by molar-refractivity contribution is -0.135. The molecular weight excluding hydrogens is 749 g/mol. The summed E-state index contributed by atoms with van der Waals surface area (Å²) in [6.07, 6.45) is 3.69.